The molecule has 1 saturated heterocycles. The largest absolute Gasteiger partial charge is 0.372 e. The number of nitrogens with zero attached hydrogens (tertiary/aromatic N) is 1. The van der Waals surface area contributed by atoms with E-state index in [9.17, 15) is 14.0 Å². The Kier molecular flexibility index (Phi) is 6.20. The van der Waals surface area contributed by atoms with Crippen LogP contribution in [0.2, 0.25) is 0 Å². The van der Waals surface area contributed by atoms with Crippen LogP contribution in [0.4, 0.5) is 21.5 Å². The third-order valence-corrected chi connectivity index (χ3v) is 5.53. The van der Waals surface area contributed by atoms with Crippen molar-refractivity contribution < 1.29 is 14.0 Å². The van der Waals surface area contributed by atoms with E-state index in [1.54, 1.807) is 6.07 Å². The van der Waals surface area contributed by atoms with E-state index in [1.165, 1.54) is 44.9 Å². The van der Waals surface area contributed by atoms with Gasteiger partial charge in [-0.3, -0.25) is 9.59 Å². The van der Waals surface area contributed by atoms with E-state index in [1.807, 2.05) is 24.3 Å². The fraction of sp³-hybridized carbons (Fsp3) is 0.391. The average Bonchev–Trinajstić information content (AvgIpc) is 2.71. The van der Waals surface area contributed by atoms with Crippen LogP contribution in [0.25, 0.3) is 0 Å². The molecule has 5 nitrogen and oxygen atoms in total. The van der Waals surface area contributed by atoms with Gasteiger partial charge in [0.15, 0.2) is 0 Å². The van der Waals surface area contributed by atoms with Gasteiger partial charge in [-0.15, -0.1) is 0 Å². The lowest BCUT2D eigenvalue weighted by atomic mass is 9.90. The Labute approximate surface area is 171 Å². The lowest BCUT2D eigenvalue weighted by molar-refractivity contribution is -0.135. The number of anilines is 3. The predicted octanol–water partition coefficient (Wildman–Crippen LogP) is 4.67. The fourth-order valence-corrected chi connectivity index (χ4v) is 3.25. The first-order chi connectivity index (χ1) is 13.8. The van der Waals surface area contributed by atoms with Crippen molar-refractivity contribution in [3.63, 3.8) is 0 Å². The second kappa shape index (κ2) is 8.64. The van der Waals surface area contributed by atoms with Gasteiger partial charge in [0.25, 0.3) is 0 Å². The number of benzene rings is 2. The van der Waals surface area contributed by atoms with Crippen LogP contribution in [0.3, 0.4) is 0 Å². The molecule has 0 atom stereocenters. The lowest BCUT2D eigenvalue weighted by Crippen LogP contribution is -2.41. The molecule has 2 amide bonds. The number of halogens is 1. The molecular weight excluding hydrogens is 369 g/mol. The van der Waals surface area contributed by atoms with Crippen molar-refractivity contribution in [1.29, 1.82) is 0 Å². The van der Waals surface area contributed by atoms with Crippen LogP contribution in [0.5, 0.6) is 0 Å². The molecule has 0 unspecified atom stereocenters. The topological polar surface area (TPSA) is 61.4 Å². The van der Waals surface area contributed by atoms with Crippen LogP contribution < -0.4 is 15.5 Å². The molecule has 0 saturated carbocycles. The number of nitrogens with one attached hydrogen (secondary N) is 2. The molecule has 2 aromatic rings. The maximum absolute atomic E-state index is 13.8. The standard InChI is InChI=1S/C23H28FN3O2/c1-16-12-14-27(15-13-16)18-10-8-17(9-11-18)25-21(28)23(2,3)22(29)26-20-7-5-4-6-19(20)24/h4-11,16H,12-15H2,1-3H3,(H,25,28)(H,26,29). The molecule has 154 valence electrons. The highest BCUT2D eigenvalue weighted by Crippen LogP contribution is 2.26. The molecule has 1 aliphatic heterocycles. The van der Waals surface area contributed by atoms with E-state index in [2.05, 4.69) is 22.5 Å². The van der Waals surface area contributed by atoms with Crippen LogP contribution in [0.15, 0.2) is 48.5 Å². The highest BCUT2D eigenvalue weighted by Gasteiger charge is 2.36. The quantitative estimate of drug-likeness (QED) is 0.721. The minimum absolute atomic E-state index is 0.0542. The second-order valence-corrected chi connectivity index (χ2v) is 8.23. The number of carbonyl (C=O) groups is 2. The minimum Gasteiger partial charge on any atom is -0.372 e. The van der Waals surface area contributed by atoms with E-state index in [0.717, 1.165) is 24.7 Å². The molecule has 0 bridgehead atoms. The van der Waals surface area contributed by atoms with Crippen LogP contribution in [0.1, 0.15) is 33.6 Å². The maximum Gasteiger partial charge on any atom is 0.239 e. The summed E-state index contributed by atoms with van der Waals surface area (Å²) in [6.45, 7) is 7.38. The van der Waals surface area contributed by atoms with E-state index >= 15 is 0 Å². The Morgan fingerprint density at radius 3 is 2.17 bits per heavy atom. The van der Waals surface area contributed by atoms with Gasteiger partial charge in [0, 0.05) is 24.5 Å². The summed E-state index contributed by atoms with van der Waals surface area (Å²) in [6, 6.07) is 13.5. The molecule has 1 aliphatic rings. The summed E-state index contributed by atoms with van der Waals surface area (Å²) < 4.78 is 13.8. The van der Waals surface area contributed by atoms with Crippen molar-refractivity contribution in [3.8, 4) is 0 Å². The van der Waals surface area contributed by atoms with Crippen LogP contribution in [-0.2, 0) is 9.59 Å². The van der Waals surface area contributed by atoms with E-state index in [-0.39, 0.29) is 5.69 Å². The summed E-state index contributed by atoms with van der Waals surface area (Å²) >= 11 is 0. The van der Waals surface area contributed by atoms with Crippen LogP contribution in [0, 0.1) is 17.2 Å². The van der Waals surface area contributed by atoms with Gasteiger partial charge in [0.05, 0.1) is 5.69 Å². The molecule has 29 heavy (non-hydrogen) atoms. The van der Waals surface area contributed by atoms with E-state index in [0.29, 0.717) is 5.69 Å². The first-order valence-electron chi connectivity index (χ1n) is 10.00. The first kappa shape index (κ1) is 20.8. The zero-order valence-corrected chi connectivity index (χ0v) is 17.2. The second-order valence-electron chi connectivity index (χ2n) is 8.23. The molecular formula is C23H28FN3O2. The zero-order chi connectivity index (χ0) is 21.0. The number of para-hydroxylation sites is 1. The maximum atomic E-state index is 13.8. The van der Waals surface area contributed by atoms with Gasteiger partial charge in [0.2, 0.25) is 11.8 Å². The molecule has 2 aromatic carbocycles. The number of hydrogen-bond donors (Lipinski definition) is 2. The molecule has 1 fully saturated rings. The molecule has 0 spiro atoms. The molecule has 2 N–H and O–H groups in total. The smallest absolute Gasteiger partial charge is 0.239 e. The van der Waals surface area contributed by atoms with E-state index < -0.39 is 23.0 Å². The highest BCUT2D eigenvalue weighted by atomic mass is 19.1. The van der Waals surface area contributed by atoms with Gasteiger partial charge >= 0.3 is 0 Å². The van der Waals surface area contributed by atoms with Crippen molar-refractivity contribution in [2.24, 2.45) is 11.3 Å². The molecule has 0 aromatic heterocycles. The third kappa shape index (κ3) is 4.94. The number of amides is 2. The number of carbonyl (C=O) groups excluding carboxylic acids is 2. The van der Waals surface area contributed by atoms with Crippen molar-refractivity contribution >= 4 is 28.9 Å². The summed E-state index contributed by atoms with van der Waals surface area (Å²) in [7, 11) is 0. The highest BCUT2D eigenvalue weighted by molar-refractivity contribution is 6.14. The Morgan fingerprint density at radius 2 is 1.55 bits per heavy atom. The third-order valence-electron chi connectivity index (χ3n) is 5.53. The van der Waals surface area contributed by atoms with E-state index in [4.69, 9.17) is 0 Å². The van der Waals surface area contributed by atoms with Gasteiger partial charge in [-0.1, -0.05) is 19.1 Å². The van der Waals surface area contributed by atoms with Crippen molar-refractivity contribution in [2.45, 2.75) is 33.6 Å². The number of piperidine rings is 1. The summed E-state index contributed by atoms with van der Waals surface area (Å²) in [5, 5.41) is 5.28. The van der Waals surface area contributed by atoms with Crippen molar-refractivity contribution in [1.82, 2.24) is 0 Å². The zero-order valence-electron chi connectivity index (χ0n) is 17.2. The molecule has 0 aliphatic carbocycles. The Balaban J connectivity index is 1.62. The average molecular weight is 397 g/mol. The summed E-state index contributed by atoms with van der Waals surface area (Å²) in [5.41, 5.74) is 0.435. The summed E-state index contributed by atoms with van der Waals surface area (Å²) in [4.78, 5) is 27.6. The van der Waals surface area contributed by atoms with Crippen molar-refractivity contribution in [3.05, 3.63) is 54.3 Å². The molecule has 6 heteroatoms. The minimum atomic E-state index is -1.37. The molecule has 3 rings (SSSR count). The first-order valence-corrected chi connectivity index (χ1v) is 10.00. The lowest BCUT2D eigenvalue weighted by Gasteiger charge is -2.32. The monoisotopic (exact) mass is 397 g/mol. The van der Waals surface area contributed by atoms with Gasteiger partial charge < -0.3 is 15.5 Å². The van der Waals surface area contributed by atoms with Gasteiger partial charge in [-0.2, -0.15) is 0 Å². The van der Waals surface area contributed by atoms with Crippen molar-refractivity contribution in [2.75, 3.05) is 28.6 Å². The normalized spacial score (nSPS) is 15.1. The fourth-order valence-electron chi connectivity index (χ4n) is 3.25. The van der Waals surface area contributed by atoms with Gasteiger partial charge in [-0.25, -0.2) is 4.39 Å². The number of rotatable bonds is 5. The Hall–Kier alpha value is -2.89. The van der Waals surface area contributed by atoms with Gasteiger partial charge in [0.1, 0.15) is 11.2 Å². The summed E-state index contributed by atoms with van der Waals surface area (Å²) in [5.74, 6) is -0.799. The Bertz CT molecular complexity index is 872. The molecule has 0 radical (unpaired) electrons. The summed E-state index contributed by atoms with van der Waals surface area (Å²) in [6.07, 6.45) is 2.37. The van der Waals surface area contributed by atoms with Crippen LogP contribution >= 0.6 is 0 Å². The molecule has 1 heterocycles. The predicted molar refractivity (Wildman–Crippen MR) is 114 cm³/mol. The number of hydrogen-bond acceptors (Lipinski definition) is 3. The Morgan fingerprint density at radius 1 is 0.966 bits per heavy atom. The van der Waals surface area contributed by atoms with Gasteiger partial charge in [-0.05, 0) is 69.0 Å². The van der Waals surface area contributed by atoms with Crippen LogP contribution in [-0.4, -0.2) is 24.9 Å². The SMILES string of the molecule is CC1CCN(c2ccc(NC(=O)C(C)(C)C(=O)Nc3ccccc3F)cc2)CC1.